The van der Waals surface area contributed by atoms with Crippen LogP contribution < -0.4 is 10.4 Å². The lowest BCUT2D eigenvalue weighted by Gasteiger charge is -2.21. The fraction of sp³-hybridized carbons (Fsp3) is 0.0556. The smallest absolute Gasteiger partial charge is 0.0804 e. The van der Waals surface area contributed by atoms with Crippen LogP contribution in [-0.2, 0) is 0 Å². The molecule has 0 spiro atoms. The minimum absolute atomic E-state index is 0.336. The monoisotopic (exact) mass is 342 g/mol. The highest BCUT2D eigenvalue weighted by molar-refractivity contribution is 6.32. The van der Waals surface area contributed by atoms with E-state index < -0.39 is 0 Å². The Morgan fingerprint density at radius 2 is 1.87 bits per heavy atom. The summed E-state index contributed by atoms with van der Waals surface area (Å²) in [4.78, 5) is 4.21. The molecule has 3 nitrogen and oxygen atoms in total. The molecule has 0 amide bonds. The van der Waals surface area contributed by atoms with Gasteiger partial charge in [0.05, 0.1) is 12.2 Å². The van der Waals surface area contributed by atoms with Crippen molar-refractivity contribution >= 4 is 40.7 Å². The molecule has 2 aromatic rings. The maximum atomic E-state index is 10.7. The molecule has 0 aliphatic carbocycles. The number of halogens is 2. The zero-order chi connectivity index (χ0) is 16.0. The zero-order valence-electron chi connectivity index (χ0n) is 12.0. The van der Waals surface area contributed by atoms with Crippen LogP contribution in [0.3, 0.4) is 0 Å². The van der Waals surface area contributed by atoms with Crippen LogP contribution in [0, 0.1) is 0 Å². The van der Waals surface area contributed by atoms with E-state index in [9.17, 15) is 5.21 Å². The molecule has 0 aromatic heterocycles. The molecule has 5 heteroatoms. The Labute approximate surface area is 143 Å². The highest BCUT2D eigenvalue weighted by Crippen LogP contribution is 2.27. The number of benzene rings is 2. The average molecular weight is 343 g/mol. The first-order valence-electron chi connectivity index (χ1n) is 7.13. The van der Waals surface area contributed by atoms with E-state index in [1.807, 2.05) is 48.7 Å². The summed E-state index contributed by atoms with van der Waals surface area (Å²) in [6, 6.07) is 13.1. The molecule has 114 valence electrons. The fourth-order valence-electron chi connectivity index (χ4n) is 2.99. The van der Waals surface area contributed by atoms with Crippen molar-refractivity contribution in [2.45, 2.75) is 0 Å². The summed E-state index contributed by atoms with van der Waals surface area (Å²) in [6.07, 6.45) is 3.58. The van der Waals surface area contributed by atoms with Gasteiger partial charge in [0, 0.05) is 44.4 Å². The van der Waals surface area contributed by atoms with Crippen LogP contribution in [0.15, 0.2) is 59.2 Å². The first-order chi connectivity index (χ1) is 11.1. The lowest BCUT2D eigenvalue weighted by atomic mass is 10.0. The molecule has 0 unspecified atom stereocenters. The Hall–Kier alpha value is -2.07. The third-order valence-corrected chi connectivity index (χ3v) is 4.58. The number of aliphatic imine (C=N–C) groups is 1. The van der Waals surface area contributed by atoms with Crippen molar-refractivity contribution in [3.63, 3.8) is 0 Å². The quantitative estimate of drug-likeness (QED) is 0.864. The molecule has 2 aliphatic heterocycles. The van der Waals surface area contributed by atoms with E-state index in [4.69, 9.17) is 23.2 Å². The predicted molar refractivity (Wildman–Crippen MR) is 93.1 cm³/mol. The first kappa shape index (κ1) is 14.5. The van der Waals surface area contributed by atoms with Crippen LogP contribution in [0.2, 0.25) is 10.0 Å². The number of hydrogen-bond donors (Lipinski definition) is 1. The van der Waals surface area contributed by atoms with Gasteiger partial charge < -0.3 is 0 Å². The third kappa shape index (κ3) is 2.38. The molecule has 2 aliphatic rings. The summed E-state index contributed by atoms with van der Waals surface area (Å²) in [5, 5.41) is 14.9. The zero-order valence-corrected chi connectivity index (χ0v) is 13.5. The van der Waals surface area contributed by atoms with Gasteiger partial charge in [-0.15, -0.1) is 0 Å². The van der Waals surface area contributed by atoms with E-state index in [0.29, 0.717) is 22.3 Å². The van der Waals surface area contributed by atoms with E-state index in [1.165, 1.54) is 5.06 Å². The van der Waals surface area contributed by atoms with Crippen molar-refractivity contribution in [1.29, 1.82) is 0 Å². The second-order valence-electron chi connectivity index (χ2n) is 5.42. The third-order valence-electron chi connectivity index (χ3n) is 4.01. The second kappa shape index (κ2) is 5.53. The molecular formula is C18H12Cl2N2O. The Morgan fingerprint density at radius 1 is 1.04 bits per heavy atom. The molecule has 1 N–H and O–H groups in total. The lowest BCUT2D eigenvalue weighted by Crippen LogP contribution is -2.32. The summed E-state index contributed by atoms with van der Waals surface area (Å²) in [7, 11) is 0. The molecular weight excluding hydrogens is 331 g/mol. The molecule has 2 heterocycles. The predicted octanol–water partition coefficient (Wildman–Crippen LogP) is 2.97. The summed E-state index contributed by atoms with van der Waals surface area (Å²) in [5.41, 5.74) is 3.36. The molecule has 2 aromatic carbocycles. The molecule has 0 bridgehead atoms. The van der Waals surface area contributed by atoms with Gasteiger partial charge in [-0.25, -0.2) is 0 Å². The fourth-order valence-corrected chi connectivity index (χ4v) is 3.38. The Balaban J connectivity index is 2.21. The molecule has 23 heavy (non-hydrogen) atoms. The van der Waals surface area contributed by atoms with E-state index in [1.54, 1.807) is 6.20 Å². The van der Waals surface area contributed by atoms with Gasteiger partial charge in [-0.05, 0) is 23.4 Å². The first-order valence-corrected chi connectivity index (χ1v) is 7.89. The standard InChI is InChI=1S/C18H12Cl2N2O/c19-12-5-6-13-15(7-12)18(14-3-1-2-4-17(14)20)22(23)10-11-8-21-9-16(11)13/h1-9,23H,10H2. The number of nitrogens with zero attached hydrogens (tertiary/aromatic N) is 2. The van der Waals surface area contributed by atoms with Crippen LogP contribution in [0.5, 0.6) is 0 Å². The molecule has 0 saturated heterocycles. The SMILES string of the molecule is ON1CC2=CN=CC2=c2ccc(Cl)cc2=C1c1ccccc1Cl. The molecule has 0 saturated carbocycles. The van der Waals surface area contributed by atoms with Crippen LogP contribution in [0.25, 0.3) is 11.3 Å². The van der Waals surface area contributed by atoms with Crippen LogP contribution >= 0.6 is 23.2 Å². The van der Waals surface area contributed by atoms with Gasteiger partial charge in [0.25, 0.3) is 0 Å². The summed E-state index contributed by atoms with van der Waals surface area (Å²) >= 11 is 12.6. The minimum atomic E-state index is 0.336. The van der Waals surface area contributed by atoms with Gasteiger partial charge in [0.15, 0.2) is 0 Å². The Morgan fingerprint density at radius 3 is 2.70 bits per heavy atom. The summed E-state index contributed by atoms with van der Waals surface area (Å²) in [6.45, 7) is 0.336. The van der Waals surface area contributed by atoms with Gasteiger partial charge in [-0.2, -0.15) is 0 Å². The van der Waals surface area contributed by atoms with Crippen molar-refractivity contribution < 1.29 is 5.21 Å². The average Bonchev–Trinajstić information content (AvgIpc) is 2.94. The van der Waals surface area contributed by atoms with Gasteiger partial charge in [0.1, 0.15) is 0 Å². The topological polar surface area (TPSA) is 35.8 Å². The van der Waals surface area contributed by atoms with Crippen LogP contribution in [0.4, 0.5) is 0 Å². The van der Waals surface area contributed by atoms with Crippen molar-refractivity contribution in [1.82, 2.24) is 5.06 Å². The van der Waals surface area contributed by atoms with Crippen molar-refractivity contribution in [2.75, 3.05) is 6.54 Å². The lowest BCUT2D eigenvalue weighted by molar-refractivity contribution is -0.0174. The Bertz CT molecular complexity index is 992. The second-order valence-corrected chi connectivity index (χ2v) is 6.27. The van der Waals surface area contributed by atoms with Gasteiger partial charge in [-0.1, -0.05) is 47.5 Å². The minimum Gasteiger partial charge on any atom is -0.288 e. The highest BCUT2D eigenvalue weighted by Gasteiger charge is 2.22. The van der Waals surface area contributed by atoms with E-state index in [0.717, 1.165) is 27.1 Å². The summed E-state index contributed by atoms with van der Waals surface area (Å²) in [5.74, 6) is 0. The van der Waals surface area contributed by atoms with E-state index in [-0.39, 0.29) is 0 Å². The van der Waals surface area contributed by atoms with Gasteiger partial charge in [0.2, 0.25) is 0 Å². The highest BCUT2D eigenvalue weighted by atomic mass is 35.5. The molecule has 0 fully saturated rings. The van der Waals surface area contributed by atoms with Gasteiger partial charge in [-0.3, -0.25) is 15.3 Å². The molecule has 0 radical (unpaired) electrons. The number of hydroxylamine groups is 2. The van der Waals surface area contributed by atoms with E-state index >= 15 is 0 Å². The molecule has 4 rings (SSSR count). The Kier molecular flexibility index (Phi) is 3.49. The van der Waals surface area contributed by atoms with Crippen LogP contribution in [-0.4, -0.2) is 23.0 Å². The van der Waals surface area contributed by atoms with Crippen molar-refractivity contribution in [2.24, 2.45) is 4.99 Å². The summed E-state index contributed by atoms with van der Waals surface area (Å²) < 4.78 is 0. The number of rotatable bonds is 1. The van der Waals surface area contributed by atoms with E-state index in [2.05, 4.69) is 4.99 Å². The van der Waals surface area contributed by atoms with Crippen molar-refractivity contribution in [3.05, 3.63) is 80.3 Å². The maximum absolute atomic E-state index is 10.7. The normalized spacial score (nSPS) is 16.1. The molecule has 0 atom stereocenters. The maximum Gasteiger partial charge on any atom is 0.0804 e. The van der Waals surface area contributed by atoms with Crippen molar-refractivity contribution in [3.8, 4) is 0 Å². The van der Waals surface area contributed by atoms with Crippen LogP contribution in [0.1, 0.15) is 5.56 Å². The number of hydrogen-bond acceptors (Lipinski definition) is 3. The number of fused-ring (bicyclic) bond motifs is 2. The van der Waals surface area contributed by atoms with Gasteiger partial charge >= 0.3 is 0 Å². The largest absolute Gasteiger partial charge is 0.288 e.